The number of nitrogens with one attached hydrogen (secondary N) is 1. The number of halogens is 1. The van der Waals surface area contributed by atoms with Crippen LogP contribution in [0, 0.1) is 0 Å². The van der Waals surface area contributed by atoms with Crippen LogP contribution < -0.4 is 14.8 Å². The Balaban J connectivity index is 1.78. The molecule has 0 atom stereocenters. The Morgan fingerprint density at radius 2 is 1.96 bits per heavy atom. The molecule has 0 saturated carbocycles. The molecule has 3 aromatic rings. The van der Waals surface area contributed by atoms with Crippen molar-refractivity contribution in [3.63, 3.8) is 0 Å². The number of amides is 1. The molecule has 1 amide bonds. The summed E-state index contributed by atoms with van der Waals surface area (Å²) in [4.78, 5) is 12.4. The number of hydrogen-bond donors (Lipinski definition) is 1. The van der Waals surface area contributed by atoms with Gasteiger partial charge in [-0.05, 0) is 48.0 Å². The van der Waals surface area contributed by atoms with Crippen LogP contribution in [-0.2, 0) is 4.79 Å². The molecule has 0 unspecified atom stereocenters. The van der Waals surface area contributed by atoms with Crippen LogP contribution in [0.5, 0.6) is 11.5 Å². The minimum Gasteiger partial charge on any atom is -0.493 e. The van der Waals surface area contributed by atoms with Gasteiger partial charge in [-0.2, -0.15) is 5.10 Å². The third-order valence-electron chi connectivity index (χ3n) is 3.80. The number of carbonyl (C=O) groups excluding carboxylic acids is 1. The highest BCUT2D eigenvalue weighted by Crippen LogP contribution is 2.28. The Labute approximate surface area is 165 Å². The lowest BCUT2D eigenvalue weighted by molar-refractivity contribution is -0.111. The van der Waals surface area contributed by atoms with Gasteiger partial charge in [0, 0.05) is 22.9 Å². The highest BCUT2D eigenvalue weighted by atomic mass is 79.9. The van der Waals surface area contributed by atoms with Gasteiger partial charge in [0.05, 0.1) is 25.6 Å². The van der Waals surface area contributed by atoms with Crippen LogP contribution >= 0.6 is 15.9 Å². The van der Waals surface area contributed by atoms with Crippen LogP contribution in [0.25, 0.3) is 11.8 Å². The number of rotatable bonds is 6. The summed E-state index contributed by atoms with van der Waals surface area (Å²) in [5.74, 6) is 0.987. The predicted octanol–water partition coefficient (Wildman–Crippen LogP) is 4.30. The third-order valence-corrected chi connectivity index (χ3v) is 4.30. The SMILES string of the molecule is COc1ccc(/C=C/C(=O)Nc2cc(Br)ccc2-n2cccn2)cc1OC. The summed E-state index contributed by atoms with van der Waals surface area (Å²) in [5.41, 5.74) is 2.25. The molecule has 27 heavy (non-hydrogen) atoms. The second kappa shape index (κ2) is 8.55. The number of aromatic nitrogens is 2. The maximum Gasteiger partial charge on any atom is 0.248 e. The van der Waals surface area contributed by atoms with E-state index in [0.717, 1.165) is 15.7 Å². The summed E-state index contributed by atoms with van der Waals surface area (Å²) in [7, 11) is 3.15. The van der Waals surface area contributed by atoms with E-state index in [1.807, 2.05) is 36.5 Å². The van der Waals surface area contributed by atoms with Crippen molar-refractivity contribution in [3.05, 3.63) is 71.0 Å². The molecule has 0 saturated heterocycles. The van der Waals surface area contributed by atoms with Crippen molar-refractivity contribution in [2.45, 2.75) is 0 Å². The molecule has 138 valence electrons. The van der Waals surface area contributed by atoms with Crippen molar-refractivity contribution >= 4 is 33.6 Å². The first-order valence-electron chi connectivity index (χ1n) is 8.11. The molecule has 0 aliphatic heterocycles. The number of methoxy groups -OCH3 is 2. The van der Waals surface area contributed by atoms with E-state index in [1.54, 1.807) is 43.3 Å². The Kier molecular flexibility index (Phi) is 5.93. The molecule has 1 N–H and O–H groups in total. The fourth-order valence-corrected chi connectivity index (χ4v) is 2.88. The fourth-order valence-electron chi connectivity index (χ4n) is 2.52. The molecule has 0 bridgehead atoms. The molecule has 0 aliphatic carbocycles. The van der Waals surface area contributed by atoms with E-state index in [0.29, 0.717) is 17.2 Å². The first kappa shape index (κ1) is 18.7. The molecule has 0 fully saturated rings. The summed E-state index contributed by atoms with van der Waals surface area (Å²) in [6, 6.07) is 12.9. The molecule has 2 aromatic carbocycles. The van der Waals surface area contributed by atoms with Crippen molar-refractivity contribution in [1.82, 2.24) is 9.78 Å². The van der Waals surface area contributed by atoms with Crippen LogP contribution in [-0.4, -0.2) is 29.9 Å². The molecule has 0 radical (unpaired) electrons. The second-order valence-electron chi connectivity index (χ2n) is 5.55. The number of ether oxygens (including phenoxy) is 2. The zero-order valence-corrected chi connectivity index (χ0v) is 16.4. The minimum atomic E-state index is -0.253. The molecular formula is C20H18BrN3O3. The van der Waals surface area contributed by atoms with Crippen LogP contribution in [0.2, 0.25) is 0 Å². The minimum absolute atomic E-state index is 0.253. The third kappa shape index (κ3) is 4.57. The van der Waals surface area contributed by atoms with Gasteiger partial charge in [0.1, 0.15) is 0 Å². The van der Waals surface area contributed by atoms with E-state index >= 15 is 0 Å². The van der Waals surface area contributed by atoms with E-state index in [9.17, 15) is 4.79 Å². The van der Waals surface area contributed by atoms with Crippen LogP contribution in [0.1, 0.15) is 5.56 Å². The molecule has 6 nitrogen and oxygen atoms in total. The van der Waals surface area contributed by atoms with Crippen molar-refractivity contribution < 1.29 is 14.3 Å². The Morgan fingerprint density at radius 1 is 1.15 bits per heavy atom. The first-order chi connectivity index (χ1) is 13.1. The fraction of sp³-hybridized carbons (Fsp3) is 0.100. The molecule has 0 spiro atoms. The van der Waals surface area contributed by atoms with Crippen LogP contribution in [0.15, 0.2) is 65.4 Å². The van der Waals surface area contributed by atoms with E-state index in [-0.39, 0.29) is 5.91 Å². The summed E-state index contributed by atoms with van der Waals surface area (Å²) in [5, 5.41) is 7.11. The topological polar surface area (TPSA) is 65.4 Å². The first-order valence-corrected chi connectivity index (χ1v) is 8.90. The zero-order chi connectivity index (χ0) is 19.2. The maximum atomic E-state index is 12.4. The van der Waals surface area contributed by atoms with Gasteiger partial charge in [0.15, 0.2) is 11.5 Å². The van der Waals surface area contributed by atoms with Gasteiger partial charge in [-0.15, -0.1) is 0 Å². The van der Waals surface area contributed by atoms with Crippen molar-refractivity contribution in [3.8, 4) is 17.2 Å². The Bertz CT molecular complexity index is 969. The number of carbonyl (C=O) groups is 1. The molecular weight excluding hydrogens is 410 g/mol. The monoisotopic (exact) mass is 427 g/mol. The lowest BCUT2D eigenvalue weighted by atomic mass is 10.2. The molecule has 1 aromatic heterocycles. The van der Waals surface area contributed by atoms with Gasteiger partial charge in [0.25, 0.3) is 0 Å². The Morgan fingerprint density at radius 3 is 2.67 bits per heavy atom. The molecule has 1 heterocycles. The van der Waals surface area contributed by atoms with Gasteiger partial charge in [-0.3, -0.25) is 4.79 Å². The summed E-state index contributed by atoms with van der Waals surface area (Å²) >= 11 is 3.43. The quantitative estimate of drug-likeness (QED) is 0.595. The number of nitrogens with zero attached hydrogens (tertiary/aromatic N) is 2. The van der Waals surface area contributed by atoms with Crippen LogP contribution in [0.3, 0.4) is 0 Å². The number of hydrogen-bond acceptors (Lipinski definition) is 4. The average Bonchev–Trinajstić information content (AvgIpc) is 3.20. The summed E-state index contributed by atoms with van der Waals surface area (Å²) in [6.07, 6.45) is 6.68. The van der Waals surface area contributed by atoms with Gasteiger partial charge in [0.2, 0.25) is 5.91 Å². The normalized spacial score (nSPS) is 10.8. The van der Waals surface area contributed by atoms with E-state index in [4.69, 9.17) is 9.47 Å². The van der Waals surface area contributed by atoms with E-state index in [1.165, 1.54) is 6.08 Å². The van der Waals surface area contributed by atoms with Crippen molar-refractivity contribution in [2.24, 2.45) is 0 Å². The van der Waals surface area contributed by atoms with E-state index < -0.39 is 0 Å². The van der Waals surface area contributed by atoms with Crippen molar-refractivity contribution in [2.75, 3.05) is 19.5 Å². The number of benzene rings is 2. The van der Waals surface area contributed by atoms with Gasteiger partial charge in [-0.1, -0.05) is 22.0 Å². The average molecular weight is 428 g/mol. The zero-order valence-electron chi connectivity index (χ0n) is 14.8. The summed E-state index contributed by atoms with van der Waals surface area (Å²) < 4.78 is 13.0. The lowest BCUT2D eigenvalue weighted by Crippen LogP contribution is -2.11. The van der Waals surface area contributed by atoms with Gasteiger partial charge >= 0.3 is 0 Å². The second-order valence-corrected chi connectivity index (χ2v) is 6.46. The highest BCUT2D eigenvalue weighted by Gasteiger charge is 2.08. The largest absolute Gasteiger partial charge is 0.493 e. The maximum absolute atomic E-state index is 12.4. The molecule has 3 rings (SSSR count). The number of anilines is 1. The van der Waals surface area contributed by atoms with Crippen molar-refractivity contribution in [1.29, 1.82) is 0 Å². The van der Waals surface area contributed by atoms with Gasteiger partial charge < -0.3 is 14.8 Å². The van der Waals surface area contributed by atoms with Crippen LogP contribution in [0.4, 0.5) is 5.69 Å². The summed E-state index contributed by atoms with van der Waals surface area (Å²) in [6.45, 7) is 0. The smallest absolute Gasteiger partial charge is 0.248 e. The lowest BCUT2D eigenvalue weighted by Gasteiger charge is -2.11. The van der Waals surface area contributed by atoms with Gasteiger partial charge in [-0.25, -0.2) is 4.68 Å². The highest BCUT2D eigenvalue weighted by molar-refractivity contribution is 9.10. The van der Waals surface area contributed by atoms with E-state index in [2.05, 4.69) is 26.3 Å². The molecule has 7 heteroatoms. The standard InChI is InChI=1S/C20H18BrN3O3/c1-26-18-8-4-14(12-19(18)27-2)5-9-20(25)23-16-13-15(21)6-7-17(16)24-11-3-10-22-24/h3-13H,1-2H3,(H,23,25)/b9-5+. The Hall–Kier alpha value is -3.06. The molecule has 0 aliphatic rings. The predicted molar refractivity (Wildman–Crippen MR) is 108 cm³/mol.